The van der Waals surface area contributed by atoms with E-state index in [0.717, 1.165) is 22.3 Å². The van der Waals surface area contributed by atoms with E-state index in [4.69, 9.17) is 23.7 Å². The highest BCUT2D eigenvalue weighted by Crippen LogP contribution is 2.44. The molecule has 2 aromatic rings. The van der Waals surface area contributed by atoms with Crippen LogP contribution < -0.4 is 0 Å². The number of esters is 3. The minimum absolute atomic E-state index is 0.0805. The van der Waals surface area contributed by atoms with Gasteiger partial charge in [0.1, 0.15) is 19.3 Å². The van der Waals surface area contributed by atoms with Gasteiger partial charge in [-0.1, -0.05) is 55.5 Å². The summed E-state index contributed by atoms with van der Waals surface area (Å²) in [6, 6.07) is 15.1. The van der Waals surface area contributed by atoms with E-state index in [9.17, 15) is 24.0 Å². The molecule has 0 N–H and O–H groups in total. The minimum atomic E-state index is -1.06. The average Bonchev–Trinajstić information content (AvgIpc) is 3.58. The predicted molar refractivity (Wildman–Crippen MR) is 171 cm³/mol. The summed E-state index contributed by atoms with van der Waals surface area (Å²) in [5.41, 5.74) is 3.79. The molecule has 0 radical (unpaired) electrons. The Morgan fingerprint density at radius 2 is 1.49 bits per heavy atom. The fourth-order valence-electron chi connectivity index (χ4n) is 6.52. The lowest BCUT2D eigenvalue weighted by molar-refractivity contribution is -0.165. The molecule has 0 saturated carbocycles. The molecule has 47 heavy (non-hydrogen) atoms. The zero-order chi connectivity index (χ0) is 34.5. The molecule has 11 nitrogen and oxygen atoms in total. The largest absolute Gasteiger partial charge is 0.469 e. The number of benzene rings is 2. The van der Waals surface area contributed by atoms with Gasteiger partial charge in [0.05, 0.1) is 37.3 Å². The number of carbonyl (C=O) groups excluding carboxylic acids is 5. The number of carbonyl (C=O) groups is 5. The molecule has 11 heteroatoms. The predicted octanol–water partition coefficient (Wildman–Crippen LogP) is 5.07. The molecule has 1 aliphatic heterocycles. The molecule has 1 saturated heterocycles. The zero-order valence-corrected chi connectivity index (χ0v) is 28.1. The van der Waals surface area contributed by atoms with Gasteiger partial charge in [0.25, 0.3) is 0 Å². The fraction of sp³-hybridized carbons (Fsp3) is 0.528. The van der Waals surface area contributed by atoms with Gasteiger partial charge in [-0.15, -0.1) is 0 Å². The molecule has 0 bridgehead atoms. The van der Waals surface area contributed by atoms with Crippen molar-refractivity contribution in [1.29, 1.82) is 0 Å². The Hall–Kier alpha value is -4.25. The Kier molecular flexibility index (Phi) is 11.4. The van der Waals surface area contributed by atoms with Crippen LogP contribution in [0.5, 0.6) is 0 Å². The van der Waals surface area contributed by atoms with Crippen molar-refractivity contribution in [2.75, 3.05) is 26.9 Å². The molecule has 254 valence electrons. The Bertz CT molecular complexity index is 1430. The molecule has 0 aromatic heterocycles. The smallest absolute Gasteiger partial charge is 0.410 e. The first-order chi connectivity index (χ1) is 22.2. The van der Waals surface area contributed by atoms with E-state index in [0.29, 0.717) is 0 Å². The van der Waals surface area contributed by atoms with E-state index >= 15 is 0 Å². The molecule has 1 amide bonds. The maximum absolute atomic E-state index is 14.0. The van der Waals surface area contributed by atoms with Crippen LogP contribution in [0.1, 0.15) is 71.4 Å². The third-order valence-corrected chi connectivity index (χ3v) is 8.64. The van der Waals surface area contributed by atoms with Crippen LogP contribution in [0, 0.1) is 11.8 Å². The highest BCUT2D eigenvalue weighted by Gasteiger charge is 2.45. The van der Waals surface area contributed by atoms with Gasteiger partial charge in [-0.3, -0.25) is 24.1 Å². The second-order valence-corrected chi connectivity index (χ2v) is 13.2. The third-order valence-electron chi connectivity index (χ3n) is 8.64. The number of methoxy groups -OCH3 is 1. The molecule has 0 spiro atoms. The Balaban J connectivity index is 1.54. The van der Waals surface area contributed by atoms with Crippen molar-refractivity contribution in [2.24, 2.45) is 11.8 Å². The van der Waals surface area contributed by atoms with Crippen molar-refractivity contribution in [2.45, 2.75) is 84.2 Å². The Labute approximate surface area is 275 Å². The first kappa shape index (κ1) is 35.6. The first-order valence-corrected chi connectivity index (χ1v) is 15.9. The highest BCUT2D eigenvalue weighted by atomic mass is 16.6. The van der Waals surface area contributed by atoms with Gasteiger partial charge >= 0.3 is 24.0 Å². The van der Waals surface area contributed by atoms with Gasteiger partial charge in [0.15, 0.2) is 5.78 Å². The molecule has 2 aromatic carbocycles. The first-order valence-electron chi connectivity index (χ1n) is 15.9. The number of likely N-dealkylation sites (tertiary alicyclic amines) is 1. The van der Waals surface area contributed by atoms with Gasteiger partial charge in [-0.2, -0.15) is 0 Å². The molecule has 1 heterocycles. The summed E-state index contributed by atoms with van der Waals surface area (Å²) < 4.78 is 27.6. The van der Waals surface area contributed by atoms with Crippen molar-refractivity contribution in [3.05, 3.63) is 59.7 Å². The maximum Gasteiger partial charge on any atom is 0.410 e. The standard InChI is InChI=1S/C36H45NO10/c1-21(33(46-23(3)39)20-44-22(2)38)29(34(41)43-7)17-32(40)31-16-24(47-36(4,5)6)18-37(31)35(42)45-19-30-27-14-10-8-12-25(27)26-13-9-11-15-28(26)30/h8-15,21,24,29-31,33H,16-20H2,1-7H3/t21-,24+,29-,31-,33+/m0/s1. The van der Waals surface area contributed by atoms with E-state index in [1.807, 2.05) is 57.2 Å². The molecule has 4 rings (SSSR count). The molecule has 5 atom stereocenters. The van der Waals surface area contributed by atoms with Crippen LogP contribution in [-0.2, 0) is 42.9 Å². The van der Waals surface area contributed by atoms with Crippen molar-refractivity contribution < 1.29 is 47.7 Å². The Morgan fingerprint density at radius 3 is 2.02 bits per heavy atom. The van der Waals surface area contributed by atoms with Crippen LogP contribution in [-0.4, -0.2) is 85.4 Å². The van der Waals surface area contributed by atoms with Crippen LogP contribution in [0.15, 0.2) is 48.5 Å². The summed E-state index contributed by atoms with van der Waals surface area (Å²) in [7, 11) is 1.20. The molecular weight excluding hydrogens is 606 g/mol. The molecular formula is C36H45NO10. The summed E-state index contributed by atoms with van der Waals surface area (Å²) in [4.78, 5) is 65.4. The topological polar surface area (TPSA) is 135 Å². The number of fused-ring (bicyclic) bond motifs is 3. The van der Waals surface area contributed by atoms with Crippen LogP contribution in [0.3, 0.4) is 0 Å². The van der Waals surface area contributed by atoms with Crippen LogP contribution in [0.2, 0.25) is 0 Å². The average molecular weight is 652 g/mol. The fourth-order valence-corrected chi connectivity index (χ4v) is 6.52. The molecule has 2 aliphatic rings. The number of amides is 1. The summed E-state index contributed by atoms with van der Waals surface area (Å²) in [5, 5.41) is 0. The number of ether oxygens (including phenoxy) is 5. The van der Waals surface area contributed by atoms with E-state index in [1.165, 1.54) is 25.9 Å². The van der Waals surface area contributed by atoms with E-state index in [2.05, 4.69) is 12.1 Å². The molecule has 1 aliphatic carbocycles. The summed E-state index contributed by atoms with van der Waals surface area (Å²) in [5.74, 6) is -4.29. The maximum atomic E-state index is 14.0. The highest BCUT2D eigenvalue weighted by molar-refractivity contribution is 5.91. The molecule has 0 unspecified atom stereocenters. The van der Waals surface area contributed by atoms with Crippen molar-refractivity contribution in [3.8, 4) is 11.1 Å². The number of hydrogen-bond donors (Lipinski definition) is 0. The van der Waals surface area contributed by atoms with Gasteiger partial charge in [0, 0.05) is 38.5 Å². The molecule has 1 fully saturated rings. The SMILES string of the molecule is COC(=O)[C@@H](CC(=O)[C@@H]1C[C@@H](OC(C)(C)C)CN1C(=O)OCC1c2ccccc2-c2ccccc21)[C@H](C)[C@@H](COC(C)=O)OC(C)=O. The summed E-state index contributed by atoms with van der Waals surface area (Å²) in [6.07, 6.45) is -2.21. The van der Waals surface area contributed by atoms with Gasteiger partial charge in [0.2, 0.25) is 0 Å². The number of ketones is 1. The lowest BCUT2D eigenvalue weighted by Crippen LogP contribution is -2.44. The number of nitrogens with zero attached hydrogens (tertiary/aromatic N) is 1. The van der Waals surface area contributed by atoms with Crippen molar-refractivity contribution in [3.63, 3.8) is 0 Å². The van der Waals surface area contributed by atoms with Gasteiger partial charge in [-0.25, -0.2) is 4.79 Å². The lowest BCUT2D eigenvalue weighted by atomic mass is 9.84. The second-order valence-electron chi connectivity index (χ2n) is 13.2. The van der Waals surface area contributed by atoms with Crippen molar-refractivity contribution >= 4 is 29.8 Å². The lowest BCUT2D eigenvalue weighted by Gasteiger charge is -2.30. The minimum Gasteiger partial charge on any atom is -0.469 e. The normalized spacial score (nSPS) is 19.2. The van der Waals surface area contributed by atoms with E-state index in [1.54, 1.807) is 6.92 Å². The van der Waals surface area contributed by atoms with E-state index in [-0.39, 0.29) is 38.5 Å². The van der Waals surface area contributed by atoms with Gasteiger partial charge in [-0.05, 0) is 43.0 Å². The summed E-state index contributed by atoms with van der Waals surface area (Å²) in [6.45, 7) is 9.64. The van der Waals surface area contributed by atoms with E-state index < -0.39 is 65.5 Å². The third kappa shape index (κ3) is 8.77. The number of rotatable bonds is 12. The number of hydrogen-bond acceptors (Lipinski definition) is 10. The monoisotopic (exact) mass is 651 g/mol. The second kappa shape index (κ2) is 15.1. The zero-order valence-electron chi connectivity index (χ0n) is 28.1. The van der Waals surface area contributed by atoms with Crippen LogP contribution in [0.4, 0.5) is 4.79 Å². The van der Waals surface area contributed by atoms with Crippen LogP contribution in [0.25, 0.3) is 11.1 Å². The number of Topliss-reactive ketones (excluding diaryl/α,β-unsaturated/α-hetero) is 1. The van der Waals surface area contributed by atoms with Gasteiger partial charge < -0.3 is 23.7 Å². The van der Waals surface area contributed by atoms with Crippen molar-refractivity contribution in [1.82, 2.24) is 4.90 Å². The summed E-state index contributed by atoms with van der Waals surface area (Å²) >= 11 is 0. The van der Waals surface area contributed by atoms with Crippen LogP contribution >= 0.6 is 0 Å². The quantitative estimate of drug-likeness (QED) is 0.226. The Morgan fingerprint density at radius 1 is 0.894 bits per heavy atom.